The van der Waals surface area contributed by atoms with Crippen LogP contribution in [0.25, 0.3) is 0 Å². The molecule has 0 aliphatic carbocycles. The molecular formula is C6H8ClN3OS. The minimum absolute atomic E-state index is 0.497. The van der Waals surface area contributed by atoms with Gasteiger partial charge in [-0.2, -0.15) is 9.36 Å². The SMILES string of the molecule is Clc1nc(N2CCOCC2)ns1. The fourth-order valence-corrected chi connectivity index (χ4v) is 1.70. The van der Waals surface area contributed by atoms with Crippen molar-refractivity contribution >= 4 is 29.1 Å². The van der Waals surface area contributed by atoms with Crippen molar-refractivity contribution in [2.75, 3.05) is 31.2 Å². The molecule has 1 aromatic rings. The smallest absolute Gasteiger partial charge is 0.238 e. The van der Waals surface area contributed by atoms with E-state index in [4.69, 9.17) is 16.3 Å². The van der Waals surface area contributed by atoms with E-state index < -0.39 is 0 Å². The van der Waals surface area contributed by atoms with Crippen LogP contribution in [0.4, 0.5) is 5.95 Å². The van der Waals surface area contributed by atoms with Gasteiger partial charge in [0.25, 0.3) is 0 Å². The Labute approximate surface area is 79.3 Å². The van der Waals surface area contributed by atoms with Gasteiger partial charge < -0.3 is 9.64 Å². The van der Waals surface area contributed by atoms with E-state index in [0.29, 0.717) is 4.47 Å². The summed E-state index contributed by atoms with van der Waals surface area (Å²) in [6, 6.07) is 0. The molecule has 0 amide bonds. The summed E-state index contributed by atoms with van der Waals surface area (Å²) in [4.78, 5) is 6.15. The molecule has 1 aromatic heterocycles. The summed E-state index contributed by atoms with van der Waals surface area (Å²) in [5, 5.41) is 0. The maximum Gasteiger partial charge on any atom is 0.238 e. The van der Waals surface area contributed by atoms with Gasteiger partial charge in [0, 0.05) is 24.6 Å². The van der Waals surface area contributed by atoms with Gasteiger partial charge in [-0.3, -0.25) is 0 Å². The fraction of sp³-hybridized carbons (Fsp3) is 0.667. The van der Waals surface area contributed by atoms with Gasteiger partial charge in [-0.15, -0.1) is 0 Å². The van der Waals surface area contributed by atoms with E-state index in [-0.39, 0.29) is 0 Å². The van der Waals surface area contributed by atoms with Gasteiger partial charge in [-0.1, -0.05) is 0 Å². The van der Waals surface area contributed by atoms with Crippen LogP contribution in [0.15, 0.2) is 0 Å². The molecule has 0 atom stereocenters. The molecule has 0 radical (unpaired) electrons. The Hall–Kier alpha value is -0.390. The zero-order valence-corrected chi connectivity index (χ0v) is 7.94. The molecule has 12 heavy (non-hydrogen) atoms. The van der Waals surface area contributed by atoms with Crippen molar-refractivity contribution in [2.45, 2.75) is 0 Å². The molecule has 0 spiro atoms. The van der Waals surface area contributed by atoms with E-state index in [1.54, 1.807) is 0 Å². The van der Waals surface area contributed by atoms with Crippen LogP contribution in [0.3, 0.4) is 0 Å². The molecule has 2 rings (SSSR count). The van der Waals surface area contributed by atoms with Crippen LogP contribution in [0, 0.1) is 0 Å². The lowest BCUT2D eigenvalue weighted by molar-refractivity contribution is 0.122. The summed E-state index contributed by atoms with van der Waals surface area (Å²) in [6.07, 6.45) is 0. The Morgan fingerprint density at radius 1 is 1.42 bits per heavy atom. The number of hydrogen-bond donors (Lipinski definition) is 0. The Balaban J connectivity index is 2.08. The first-order valence-electron chi connectivity index (χ1n) is 3.68. The molecule has 0 unspecified atom stereocenters. The summed E-state index contributed by atoms with van der Waals surface area (Å²) >= 11 is 6.89. The molecule has 0 bridgehead atoms. The molecule has 1 fully saturated rings. The summed E-state index contributed by atoms with van der Waals surface area (Å²) in [6.45, 7) is 3.20. The summed E-state index contributed by atoms with van der Waals surface area (Å²) in [5.74, 6) is 0.730. The van der Waals surface area contributed by atoms with E-state index in [2.05, 4.69) is 14.3 Å². The van der Waals surface area contributed by atoms with Gasteiger partial charge in [0.1, 0.15) is 0 Å². The van der Waals surface area contributed by atoms with E-state index >= 15 is 0 Å². The third-order valence-corrected chi connectivity index (χ3v) is 2.47. The van der Waals surface area contributed by atoms with Crippen LogP contribution in [-0.2, 0) is 4.74 Å². The van der Waals surface area contributed by atoms with Gasteiger partial charge in [0.2, 0.25) is 10.4 Å². The van der Waals surface area contributed by atoms with Gasteiger partial charge in [0.15, 0.2) is 0 Å². The molecule has 1 saturated heterocycles. The second kappa shape index (κ2) is 3.55. The van der Waals surface area contributed by atoms with Crippen molar-refractivity contribution in [3.8, 4) is 0 Å². The number of hydrogen-bond acceptors (Lipinski definition) is 5. The molecule has 66 valence electrons. The average molecular weight is 206 g/mol. The first-order chi connectivity index (χ1) is 5.86. The first kappa shape index (κ1) is 8.22. The maximum absolute atomic E-state index is 5.67. The lowest BCUT2D eigenvalue weighted by atomic mass is 10.4. The van der Waals surface area contributed by atoms with Crippen LogP contribution < -0.4 is 4.90 Å². The number of ether oxygens (including phenoxy) is 1. The van der Waals surface area contributed by atoms with E-state index in [0.717, 1.165) is 32.3 Å². The predicted octanol–water partition coefficient (Wildman–Crippen LogP) is 1.03. The minimum Gasteiger partial charge on any atom is -0.378 e. The molecular weight excluding hydrogens is 198 g/mol. The molecule has 1 aliphatic rings. The molecule has 0 saturated carbocycles. The zero-order valence-electron chi connectivity index (χ0n) is 6.36. The normalized spacial score (nSPS) is 18.2. The highest BCUT2D eigenvalue weighted by Gasteiger charge is 2.14. The topological polar surface area (TPSA) is 38.2 Å². The van der Waals surface area contributed by atoms with Crippen molar-refractivity contribution in [2.24, 2.45) is 0 Å². The van der Waals surface area contributed by atoms with Crippen LogP contribution >= 0.6 is 23.1 Å². The molecule has 4 nitrogen and oxygen atoms in total. The summed E-state index contributed by atoms with van der Waals surface area (Å²) < 4.78 is 9.81. The second-order valence-electron chi connectivity index (χ2n) is 2.45. The number of nitrogens with zero attached hydrogens (tertiary/aromatic N) is 3. The molecule has 0 N–H and O–H groups in total. The van der Waals surface area contributed by atoms with Crippen molar-refractivity contribution < 1.29 is 4.74 Å². The highest BCUT2D eigenvalue weighted by atomic mass is 35.5. The lowest BCUT2D eigenvalue weighted by Crippen LogP contribution is -2.36. The van der Waals surface area contributed by atoms with E-state index in [9.17, 15) is 0 Å². The standard InChI is InChI=1S/C6H8ClN3OS/c7-5-8-6(9-12-5)10-1-3-11-4-2-10/h1-4H2. The average Bonchev–Trinajstić information content (AvgIpc) is 2.54. The molecule has 0 aromatic carbocycles. The minimum atomic E-state index is 0.497. The van der Waals surface area contributed by atoms with E-state index in [1.165, 1.54) is 11.5 Å². The Morgan fingerprint density at radius 2 is 2.17 bits per heavy atom. The fourth-order valence-electron chi connectivity index (χ4n) is 1.09. The predicted molar refractivity (Wildman–Crippen MR) is 48.0 cm³/mol. The quantitative estimate of drug-likeness (QED) is 0.687. The highest BCUT2D eigenvalue weighted by molar-refractivity contribution is 7.10. The third kappa shape index (κ3) is 1.68. The first-order valence-corrected chi connectivity index (χ1v) is 4.83. The van der Waals surface area contributed by atoms with Crippen molar-refractivity contribution in [3.05, 3.63) is 4.47 Å². The van der Waals surface area contributed by atoms with Crippen molar-refractivity contribution in [3.63, 3.8) is 0 Å². The zero-order chi connectivity index (χ0) is 8.39. The molecule has 2 heterocycles. The van der Waals surface area contributed by atoms with Gasteiger partial charge in [-0.25, -0.2) is 0 Å². The Bertz CT molecular complexity index is 261. The van der Waals surface area contributed by atoms with Crippen molar-refractivity contribution in [1.29, 1.82) is 0 Å². The van der Waals surface area contributed by atoms with Crippen LogP contribution in [-0.4, -0.2) is 35.7 Å². The summed E-state index contributed by atoms with van der Waals surface area (Å²) in [5.41, 5.74) is 0. The lowest BCUT2D eigenvalue weighted by Gasteiger charge is -2.25. The Kier molecular flexibility index (Phi) is 2.43. The number of aromatic nitrogens is 2. The van der Waals surface area contributed by atoms with Crippen molar-refractivity contribution in [1.82, 2.24) is 9.36 Å². The third-order valence-electron chi connectivity index (χ3n) is 1.68. The van der Waals surface area contributed by atoms with E-state index in [1.807, 2.05) is 0 Å². The number of morpholine rings is 1. The Morgan fingerprint density at radius 3 is 2.75 bits per heavy atom. The van der Waals surface area contributed by atoms with Crippen LogP contribution in [0.5, 0.6) is 0 Å². The number of halogens is 1. The molecule has 6 heteroatoms. The van der Waals surface area contributed by atoms with Crippen LogP contribution in [0.2, 0.25) is 4.47 Å². The van der Waals surface area contributed by atoms with Gasteiger partial charge in [-0.05, 0) is 11.6 Å². The summed E-state index contributed by atoms with van der Waals surface area (Å²) in [7, 11) is 0. The number of rotatable bonds is 1. The monoisotopic (exact) mass is 205 g/mol. The maximum atomic E-state index is 5.67. The number of anilines is 1. The largest absolute Gasteiger partial charge is 0.378 e. The second-order valence-corrected chi connectivity index (χ2v) is 3.78. The van der Waals surface area contributed by atoms with Gasteiger partial charge in [0.05, 0.1) is 13.2 Å². The van der Waals surface area contributed by atoms with Gasteiger partial charge >= 0.3 is 0 Å². The highest BCUT2D eigenvalue weighted by Crippen LogP contribution is 2.18. The van der Waals surface area contributed by atoms with Crippen LogP contribution in [0.1, 0.15) is 0 Å². The molecule has 1 aliphatic heterocycles.